The van der Waals surface area contributed by atoms with Crippen molar-refractivity contribution in [3.8, 4) is 0 Å². The number of rotatable bonds is 5. The van der Waals surface area contributed by atoms with Gasteiger partial charge in [-0.3, -0.25) is 4.79 Å². The van der Waals surface area contributed by atoms with Gasteiger partial charge in [0.1, 0.15) is 10.6 Å². The predicted octanol–water partition coefficient (Wildman–Crippen LogP) is 1.17. The van der Waals surface area contributed by atoms with E-state index in [4.69, 9.17) is 5.14 Å². The fourth-order valence-electron chi connectivity index (χ4n) is 2.36. The smallest absolute Gasteiger partial charge is 0.270 e. The highest BCUT2D eigenvalue weighted by Gasteiger charge is 2.28. The molecular formula is C13H21N3O3S. The molecule has 1 heterocycles. The Labute approximate surface area is 119 Å². The molecule has 7 heteroatoms. The Morgan fingerprint density at radius 3 is 2.60 bits per heavy atom. The normalized spacial score (nSPS) is 15.9. The maximum Gasteiger partial charge on any atom is 0.270 e. The van der Waals surface area contributed by atoms with E-state index in [2.05, 4.69) is 0 Å². The number of aryl methyl sites for hydroxylation is 1. The Balaban J connectivity index is 2.33. The van der Waals surface area contributed by atoms with E-state index in [1.54, 1.807) is 16.5 Å². The van der Waals surface area contributed by atoms with E-state index in [9.17, 15) is 13.2 Å². The molecule has 0 aromatic carbocycles. The molecule has 0 saturated heterocycles. The lowest BCUT2D eigenvalue weighted by molar-refractivity contribution is 0.0641. The standard InChI is InChI=1S/C13H21N3O3S/c1-3-7-16-9-11(20(14,18)19)8-12(16)13(17)15(2)10-5-4-6-10/h8-10H,3-7H2,1-2H3,(H2,14,18,19). The van der Waals surface area contributed by atoms with Gasteiger partial charge in [-0.1, -0.05) is 6.92 Å². The first kappa shape index (κ1) is 15.1. The van der Waals surface area contributed by atoms with E-state index in [-0.39, 0.29) is 16.8 Å². The number of amides is 1. The molecule has 6 nitrogen and oxygen atoms in total. The molecule has 0 aliphatic heterocycles. The molecule has 112 valence electrons. The number of aromatic nitrogens is 1. The largest absolute Gasteiger partial charge is 0.342 e. The summed E-state index contributed by atoms with van der Waals surface area (Å²) in [5, 5.41) is 5.14. The van der Waals surface area contributed by atoms with Crippen molar-refractivity contribution in [2.45, 2.75) is 50.1 Å². The Kier molecular flexibility index (Phi) is 4.19. The summed E-state index contributed by atoms with van der Waals surface area (Å²) in [6, 6.07) is 1.65. The van der Waals surface area contributed by atoms with Crippen LogP contribution in [0.4, 0.5) is 0 Å². The second-order valence-electron chi connectivity index (χ2n) is 5.30. The SMILES string of the molecule is CCCn1cc(S(N)(=O)=O)cc1C(=O)N(C)C1CCC1. The molecule has 1 aliphatic carbocycles. The molecule has 0 unspecified atom stereocenters. The minimum absolute atomic E-state index is 0.00342. The maximum atomic E-state index is 12.5. The van der Waals surface area contributed by atoms with Crippen LogP contribution in [-0.2, 0) is 16.6 Å². The van der Waals surface area contributed by atoms with Gasteiger partial charge < -0.3 is 9.47 Å². The van der Waals surface area contributed by atoms with E-state index < -0.39 is 10.0 Å². The Bertz CT molecular complexity index is 602. The summed E-state index contributed by atoms with van der Waals surface area (Å²) in [4.78, 5) is 14.2. The van der Waals surface area contributed by atoms with Crippen molar-refractivity contribution >= 4 is 15.9 Å². The third-order valence-corrected chi connectivity index (χ3v) is 4.71. The molecule has 1 amide bonds. The number of hydrogen-bond acceptors (Lipinski definition) is 3. The second kappa shape index (κ2) is 5.57. The first-order valence-corrected chi connectivity index (χ1v) is 8.39. The van der Waals surface area contributed by atoms with Gasteiger partial charge in [0.2, 0.25) is 10.0 Å². The van der Waals surface area contributed by atoms with Crippen LogP contribution < -0.4 is 5.14 Å². The third-order valence-electron chi connectivity index (χ3n) is 3.83. The fraction of sp³-hybridized carbons (Fsp3) is 0.615. The van der Waals surface area contributed by atoms with Crippen LogP contribution in [0.5, 0.6) is 0 Å². The minimum Gasteiger partial charge on any atom is -0.342 e. The van der Waals surface area contributed by atoms with Gasteiger partial charge in [0.05, 0.1) is 0 Å². The lowest BCUT2D eigenvalue weighted by Crippen LogP contribution is -2.42. The van der Waals surface area contributed by atoms with Crippen molar-refractivity contribution in [1.29, 1.82) is 0 Å². The average Bonchev–Trinajstić information content (AvgIpc) is 2.70. The number of hydrogen-bond donors (Lipinski definition) is 1. The van der Waals surface area contributed by atoms with Crippen LogP contribution in [0.1, 0.15) is 43.1 Å². The van der Waals surface area contributed by atoms with Gasteiger partial charge in [0, 0.05) is 25.8 Å². The van der Waals surface area contributed by atoms with E-state index in [0.717, 1.165) is 25.7 Å². The monoisotopic (exact) mass is 299 g/mol. The zero-order chi connectivity index (χ0) is 14.9. The van der Waals surface area contributed by atoms with Gasteiger partial charge in [-0.05, 0) is 31.7 Å². The summed E-state index contributed by atoms with van der Waals surface area (Å²) in [6.45, 7) is 2.57. The molecule has 1 aliphatic rings. The molecule has 1 fully saturated rings. The fourth-order valence-corrected chi connectivity index (χ4v) is 2.91. The first-order valence-electron chi connectivity index (χ1n) is 6.84. The quantitative estimate of drug-likeness (QED) is 0.885. The van der Waals surface area contributed by atoms with Crippen LogP contribution >= 0.6 is 0 Å². The summed E-state index contributed by atoms with van der Waals surface area (Å²) in [6.07, 6.45) is 5.42. The highest BCUT2D eigenvalue weighted by atomic mass is 32.2. The summed E-state index contributed by atoms with van der Waals surface area (Å²) >= 11 is 0. The number of nitrogens with two attached hydrogens (primary N) is 1. The van der Waals surface area contributed by atoms with Gasteiger partial charge in [-0.15, -0.1) is 0 Å². The summed E-state index contributed by atoms with van der Waals surface area (Å²) in [7, 11) is -2.02. The molecule has 20 heavy (non-hydrogen) atoms. The zero-order valence-electron chi connectivity index (χ0n) is 11.9. The summed E-state index contributed by atoms with van der Waals surface area (Å²) in [5.41, 5.74) is 0.394. The molecule has 1 saturated carbocycles. The van der Waals surface area contributed by atoms with E-state index >= 15 is 0 Å². The molecule has 0 radical (unpaired) electrons. The van der Waals surface area contributed by atoms with Crippen molar-refractivity contribution in [2.75, 3.05) is 7.05 Å². The molecule has 2 rings (SSSR count). The highest BCUT2D eigenvalue weighted by molar-refractivity contribution is 7.89. The predicted molar refractivity (Wildman–Crippen MR) is 75.8 cm³/mol. The van der Waals surface area contributed by atoms with Crippen molar-refractivity contribution in [2.24, 2.45) is 5.14 Å². The third kappa shape index (κ3) is 2.88. The Morgan fingerprint density at radius 2 is 2.15 bits per heavy atom. The van der Waals surface area contributed by atoms with Crippen LogP contribution in [0.25, 0.3) is 0 Å². The highest BCUT2D eigenvalue weighted by Crippen LogP contribution is 2.25. The number of carbonyl (C=O) groups is 1. The van der Waals surface area contributed by atoms with Crippen molar-refractivity contribution < 1.29 is 13.2 Å². The molecular weight excluding hydrogens is 278 g/mol. The molecule has 1 aromatic heterocycles. The van der Waals surface area contributed by atoms with Gasteiger partial charge in [0.25, 0.3) is 5.91 Å². The van der Waals surface area contributed by atoms with Crippen molar-refractivity contribution in [1.82, 2.24) is 9.47 Å². The van der Waals surface area contributed by atoms with Crippen LogP contribution in [0.2, 0.25) is 0 Å². The molecule has 0 atom stereocenters. The van der Waals surface area contributed by atoms with Crippen molar-refractivity contribution in [3.63, 3.8) is 0 Å². The average molecular weight is 299 g/mol. The number of primary sulfonamides is 1. The van der Waals surface area contributed by atoms with Gasteiger partial charge in [0.15, 0.2) is 0 Å². The van der Waals surface area contributed by atoms with E-state index in [0.29, 0.717) is 12.2 Å². The van der Waals surface area contributed by atoms with Gasteiger partial charge in [-0.2, -0.15) is 0 Å². The van der Waals surface area contributed by atoms with Crippen LogP contribution in [0.3, 0.4) is 0 Å². The van der Waals surface area contributed by atoms with Crippen LogP contribution in [-0.4, -0.2) is 36.9 Å². The van der Waals surface area contributed by atoms with E-state index in [1.165, 1.54) is 12.3 Å². The summed E-state index contributed by atoms with van der Waals surface area (Å²) in [5.74, 6) is -0.141. The summed E-state index contributed by atoms with van der Waals surface area (Å²) < 4.78 is 24.5. The lowest BCUT2D eigenvalue weighted by atomic mass is 9.92. The minimum atomic E-state index is -3.79. The Hall–Kier alpha value is -1.34. The molecule has 1 aromatic rings. The number of carbonyl (C=O) groups excluding carboxylic acids is 1. The van der Waals surface area contributed by atoms with Gasteiger partial charge >= 0.3 is 0 Å². The molecule has 0 bridgehead atoms. The second-order valence-corrected chi connectivity index (χ2v) is 6.86. The van der Waals surface area contributed by atoms with E-state index in [1.807, 2.05) is 6.92 Å². The first-order chi connectivity index (χ1) is 9.34. The topological polar surface area (TPSA) is 85.4 Å². The lowest BCUT2D eigenvalue weighted by Gasteiger charge is -2.34. The number of sulfonamides is 1. The van der Waals surface area contributed by atoms with Crippen molar-refractivity contribution in [3.05, 3.63) is 18.0 Å². The van der Waals surface area contributed by atoms with Crippen LogP contribution in [0.15, 0.2) is 17.2 Å². The molecule has 2 N–H and O–H groups in total. The number of nitrogens with zero attached hydrogens (tertiary/aromatic N) is 2. The van der Waals surface area contributed by atoms with Gasteiger partial charge in [-0.25, -0.2) is 13.6 Å². The maximum absolute atomic E-state index is 12.5. The molecule has 0 spiro atoms. The zero-order valence-corrected chi connectivity index (χ0v) is 12.7. The Morgan fingerprint density at radius 1 is 1.50 bits per heavy atom. The van der Waals surface area contributed by atoms with Crippen LogP contribution in [0, 0.1) is 0 Å².